The zero-order chi connectivity index (χ0) is 9.68. The normalized spacial score (nSPS) is 14.9. The van der Waals surface area contributed by atoms with Crippen LogP contribution in [0.2, 0.25) is 0 Å². The first-order valence-corrected chi connectivity index (χ1v) is 4.67. The first-order valence-electron chi connectivity index (χ1n) is 4.67. The van der Waals surface area contributed by atoms with Crippen LogP contribution in [0.4, 0.5) is 0 Å². The van der Waals surface area contributed by atoms with E-state index in [0.717, 1.165) is 0 Å². The molecule has 0 amide bonds. The van der Waals surface area contributed by atoms with Gasteiger partial charge in [0, 0.05) is 12.1 Å². The summed E-state index contributed by atoms with van der Waals surface area (Å²) in [5.41, 5.74) is 1.32. The van der Waals surface area contributed by atoms with E-state index in [1.165, 1.54) is 5.56 Å². The van der Waals surface area contributed by atoms with Gasteiger partial charge in [-0.2, -0.15) is 0 Å². The molecule has 0 heterocycles. The van der Waals surface area contributed by atoms with Gasteiger partial charge in [-0.3, -0.25) is 0 Å². The molecule has 0 radical (unpaired) electrons. The van der Waals surface area contributed by atoms with Crippen molar-refractivity contribution in [2.45, 2.75) is 25.9 Å². The summed E-state index contributed by atoms with van der Waals surface area (Å²) in [6.45, 7) is 8.01. The minimum Gasteiger partial charge on any atom is -0.304 e. The summed E-state index contributed by atoms with van der Waals surface area (Å²) >= 11 is 0. The van der Waals surface area contributed by atoms with Crippen molar-refractivity contribution in [2.24, 2.45) is 0 Å². The van der Waals surface area contributed by atoms with E-state index in [0.29, 0.717) is 12.1 Å². The Balaban J connectivity index is 2.58. The SMILES string of the molecule is C=C[C@@H](C)N[C@H](C)c1ccccc1. The molecule has 13 heavy (non-hydrogen) atoms. The maximum Gasteiger partial charge on any atom is 0.0297 e. The quantitative estimate of drug-likeness (QED) is 0.694. The van der Waals surface area contributed by atoms with Crippen LogP contribution in [0.3, 0.4) is 0 Å². The Kier molecular flexibility index (Phi) is 3.71. The summed E-state index contributed by atoms with van der Waals surface area (Å²) in [6.07, 6.45) is 1.92. The summed E-state index contributed by atoms with van der Waals surface area (Å²) in [5, 5.41) is 3.43. The van der Waals surface area contributed by atoms with Crippen LogP contribution in [0.15, 0.2) is 43.0 Å². The zero-order valence-corrected chi connectivity index (χ0v) is 8.33. The average Bonchev–Trinajstić information content (AvgIpc) is 2.19. The minimum atomic E-state index is 0.357. The number of nitrogens with one attached hydrogen (secondary N) is 1. The highest BCUT2D eigenvalue weighted by Gasteiger charge is 2.05. The van der Waals surface area contributed by atoms with Crippen LogP contribution in [0.25, 0.3) is 0 Å². The number of rotatable bonds is 4. The molecule has 0 aliphatic heterocycles. The molecule has 70 valence electrons. The maximum atomic E-state index is 3.74. The highest BCUT2D eigenvalue weighted by atomic mass is 14.9. The monoisotopic (exact) mass is 175 g/mol. The Bertz CT molecular complexity index is 253. The highest BCUT2D eigenvalue weighted by Crippen LogP contribution is 2.11. The van der Waals surface area contributed by atoms with E-state index in [1.807, 2.05) is 12.1 Å². The number of hydrogen-bond donors (Lipinski definition) is 1. The molecule has 1 aromatic carbocycles. The Morgan fingerprint density at radius 3 is 2.38 bits per heavy atom. The Hall–Kier alpha value is -1.08. The molecule has 1 nitrogen and oxygen atoms in total. The lowest BCUT2D eigenvalue weighted by Gasteiger charge is -2.17. The van der Waals surface area contributed by atoms with Crippen molar-refractivity contribution in [3.8, 4) is 0 Å². The Morgan fingerprint density at radius 1 is 1.23 bits per heavy atom. The summed E-state index contributed by atoms with van der Waals surface area (Å²) < 4.78 is 0. The largest absolute Gasteiger partial charge is 0.304 e. The molecule has 0 saturated carbocycles. The first kappa shape index (κ1) is 10.0. The average molecular weight is 175 g/mol. The highest BCUT2D eigenvalue weighted by molar-refractivity contribution is 5.18. The van der Waals surface area contributed by atoms with Crippen LogP contribution in [-0.2, 0) is 0 Å². The molecule has 0 spiro atoms. The lowest BCUT2D eigenvalue weighted by atomic mass is 10.1. The van der Waals surface area contributed by atoms with E-state index >= 15 is 0 Å². The number of hydrogen-bond acceptors (Lipinski definition) is 1. The van der Waals surface area contributed by atoms with Crippen LogP contribution in [-0.4, -0.2) is 6.04 Å². The Labute approximate surface area is 80.5 Å². The molecular weight excluding hydrogens is 158 g/mol. The fourth-order valence-corrected chi connectivity index (χ4v) is 1.30. The van der Waals surface area contributed by atoms with Crippen molar-refractivity contribution in [3.63, 3.8) is 0 Å². The van der Waals surface area contributed by atoms with E-state index in [4.69, 9.17) is 0 Å². The molecule has 0 saturated heterocycles. The van der Waals surface area contributed by atoms with Crippen molar-refractivity contribution < 1.29 is 0 Å². The van der Waals surface area contributed by atoms with E-state index in [9.17, 15) is 0 Å². The van der Waals surface area contributed by atoms with Crippen LogP contribution in [0, 0.1) is 0 Å². The first-order chi connectivity index (χ1) is 6.24. The van der Waals surface area contributed by atoms with E-state index in [-0.39, 0.29) is 0 Å². The van der Waals surface area contributed by atoms with Gasteiger partial charge in [0.2, 0.25) is 0 Å². The van der Waals surface area contributed by atoms with Crippen LogP contribution in [0.1, 0.15) is 25.5 Å². The second-order valence-electron chi connectivity index (χ2n) is 3.32. The van der Waals surface area contributed by atoms with Gasteiger partial charge >= 0.3 is 0 Å². The predicted molar refractivity (Wildman–Crippen MR) is 57.7 cm³/mol. The lowest BCUT2D eigenvalue weighted by molar-refractivity contribution is 0.537. The van der Waals surface area contributed by atoms with Gasteiger partial charge in [0.25, 0.3) is 0 Å². The van der Waals surface area contributed by atoms with Gasteiger partial charge in [-0.05, 0) is 19.4 Å². The predicted octanol–water partition coefficient (Wildman–Crippen LogP) is 2.91. The smallest absolute Gasteiger partial charge is 0.0297 e. The third-order valence-electron chi connectivity index (χ3n) is 2.17. The fourth-order valence-electron chi connectivity index (χ4n) is 1.30. The molecule has 1 N–H and O–H groups in total. The van der Waals surface area contributed by atoms with Gasteiger partial charge in [0.05, 0.1) is 0 Å². The van der Waals surface area contributed by atoms with Crippen molar-refractivity contribution in [1.82, 2.24) is 5.32 Å². The molecule has 0 bridgehead atoms. The standard InChI is InChI=1S/C12H17N/c1-4-10(2)13-11(3)12-8-6-5-7-9-12/h4-11,13H,1H2,2-3H3/t10-,11-/m1/s1. The molecular formula is C12H17N. The van der Waals surface area contributed by atoms with Crippen LogP contribution < -0.4 is 5.32 Å². The van der Waals surface area contributed by atoms with Crippen LogP contribution >= 0.6 is 0 Å². The minimum absolute atomic E-state index is 0.357. The fraction of sp³-hybridized carbons (Fsp3) is 0.333. The third kappa shape index (κ3) is 3.03. The zero-order valence-electron chi connectivity index (χ0n) is 8.33. The molecule has 0 fully saturated rings. The number of benzene rings is 1. The van der Waals surface area contributed by atoms with E-state index < -0.39 is 0 Å². The van der Waals surface area contributed by atoms with Crippen molar-refractivity contribution in [1.29, 1.82) is 0 Å². The van der Waals surface area contributed by atoms with Gasteiger partial charge in [-0.15, -0.1) is 6.58 Å². The van der Waals surface area contributed by atoms with Gasteiger partial charge in [0.15, 0.2) is 0 Å². The molecule has 2 atom stereocenters. The van der Waals surface area contributed by atoms with Crippen LogP contribution in [0.5, 0.6) is 0 Å². The van der Waals surface area contributed by atoms with Gasteiger partial charge in [-0.1, -0.05) is 36.4 Å². The molecule has 1 heteroatoms. The topological polar surface area (TPSA) is 12.0 Å². The van der Waals surface area contributed by atoms with Crippen molar-refractivity contribution in [2.75, 3.05) is 0 Å². The molecule has 0 aromatic heterocycles. The molecule has 1 aromatic rings. The lowest BCUT2D eigenvalue weighted by Crippen LogP contribution is -2.26. The van der Waals surface area contributed by atoms with Gasteiger partial charge < -0.3 is 5.32 Å². The summed E-state index contributed by atoms with van der Waals surface area (Å²) in [7, 11) is 0. The summed E-state index contributed by atoms with van der Waals surface area (Å²) in [4.78, 5) is 0. The maximum absolute atomic E-state index is 3.74. The molecule has 0 unspecified atom stereocenters. The van der Waals surface area contributed by atoms with Gasteiger partial charge in [0.1, 0.15) is 0 Å². The van der Waals surface area contributed by atoms with Gasteiger partial charge in [-0.25, -0.2) is 0 Å². The molecule has 1 rings (SSSR count). The molecule has 0 aliphatic carbocycles. The Morgan fingerprint density at radius 2 is 1.85 bits per heavy atom. The summed E-state index contributed by atoms with van der Waals surface area (Å²) in [5.74, 6) is 0. The second-order valence-corrected chi connectivity index (χ2v) is 3.32. The van der Waals surface area contributed by atoms with Crippen molar-refractivity contribution >= 4 is 0 Å². The van der Waals surface area contributed by atoms with E-state index in [2.05, 4.69) is 50.0 Å². The van der Waals surface area contributed by atoms with Crippen molar-refractivity contribution in [3.05, 3.63) is 48.6 Å². The summed E-state index contributed by atoms with van der Waals surface area (Å²) in [6, 6.07) is 11.2. The molecule has 0 aliphatic rings. The second kappa shape index (κ2) is 4.83. The van der Waals surface area contributed by atoms with E-state index in [1.54, 1.807) is 0 Å². The third-order valence-corrected chi connectivity index (χ3v) is 2.17.